The van der Waals surface area contributed by atoms with E-state index in [2.05, 4.69) is 0 Å². The van der Waals surface area contributed by atoms with E-state index in [4.69, 9.17) is 15.2 Å². The molecule has 0 fully saturated rings. The number of rotatable bonds is 5. The number of esters is 1. The number of anilines is 1. The van der Waals surface area contributed by atoms with Crippen LogP contribution >= 0.6 is 0 Å². The van der Waals surface area contributed by atoms with Gasteiger partial charge in [0, 0.05) is 6.20 Å². The molecule has 0 aliphatic rings. The summed E-state index contributed by atoms with van der Waals surface area (Å²) >= 11 is 0. The molecule has 0 aliphatic heterocycles. The summed E-state index contributed by atoms with van der Waals surface area (Å²) in [5, 5.41) is 9.25. The van der Waals surface area contributed by atoms with Gasteiger partial charge < -0.3 is 19.8 Å². The molecule has 130 valence electrons. The van der Waals surface area contributed by atoms with E-state index in [1.165, 1.54) is 17.9 Å². The van der Waals surface area contributed by atoms with Crippen molar-refractivity contribution in [2.24, 2.45) is 0 Å². The molecule has 0 saturated heterocycles. The number of nitrogens with two attached hydrogens (primary N) is 1. The molecule has 0 spiro atoms. The molecule has 2 N–H and O–H groups in total. The monoisotopic (exact) mass is 347 g/mol. The number of methoxy groups -OCH3 is 1. The highest BCUT2D eigenvalue weighted by Crippen LogP contribution is 2.30. The van der Waals surface area contributed by atoms with Crippen molar-refractivity contribution in [1.29, 1.82) is 5.26 Å². The average molecular weight is 347 g/mol. The Kier molecular flexibility index (Phi) is 4.90. The Bertz CT molecular complexity index is 972. The van der Waals surface area contributed by atoms with Gasteiger partial charge in [0.15, 0.2) is 5.69 Å². The highest BCUT2D eigenvalue weighted by Gasteiger charge is 2.23. The molecule has 0 atom stereocenters. The molecule has 3 rings (SSSR count). The first kappa shape index (κ1) is 17.1. The zero-order chi connectivity index (χ0) is 18.5. The van der Waals surface area contributed by atoms with Crippen molar-refractivity contribution in [3.63, 3.8) is 0 Å². The number of para-hydroxylation sites is 2. The minimum Gasteiger partial charge on any atom is -0.487 e. The lowest BCUT2D eigenvalue weighted by Gasteiger charge is -2.14. The molecule has 0 radical (unpaired) electrons. The van der Waals surface area contributed by atoms with Crippen LogP contribution in [0.5, 0.6) is 5.75 Å². The van der Waals surface area contributed by atoms with Crippen LogP contribution < -0.4 is 10.5 Å². The van der Waals surface area contributed by atoms with Crippen molar-refractivity contribution in [1.82, 2.24) is 4.57 Å². The Morgan fingerprint density at radius 1 is 1.15 bits per heavy atom. The molecule has 2 aromatic carbocycles. The fraction of sp³-hybridized carbons (Fsp3) is 0.100. The van der Waals surface area contributed by atoms with Gasteiger partial charge in [0.05, 0.1) is 24.0 Å². The van der Waals surface area contributed by atoms with Gasteiger partial charge in [-0.05, 0) is 17.7 Å². The summed E-state index contributed by atoms with van der Waals surface area (Å²) in [6.07, 6.45) is 1.51. The summed E-state index contributed by atoms with van der Waals surface area (Å²) in [7, 11) is 1.27. The number of nitriles is 1. The third-order valence-electron chi connectivity index (χ3n) is 3.91. The minimum atomic E-state index is -0.623. The van der Waals surface area contributed by atoms with Crippen molar-refractivity contribution in [2.45, 2.75) is 6.61 Å². The fourth-order valence-electron chi connectivity index (χ4n) is 2.62. The van der Waals surface area contributed by atoms with E-state index in [0.29, 0.717) is 18.0 Å². The van der Waals surface area contributed by atoms with Crippen LogP contribution in [0.3, 0.4) is 0 Å². The maximum atomic E-state index is 12.2. The third-order valence-corrected chi connectivity index (χ3v) is 3.91. The lowest BCUT2D eigenvalue weighted by atomic mass is 10.2. The first-order chi connectivity index (χ1) is 12.7. The number of ether oxygens (including phenoxy) is 2. The summed E-state index contributed by atoms with van der Waals surface area (Å²) < 4.78 is 12.3. The summed E-state index contributed by atoms with van der Waals surface area (Å²) in [5.41, 5.74) is 7.94. The van der Waals surface area contributed by atoms with Crippen LogP contribution in [0.2, 0.25) is 0 Å². The van der Waals surface area contributed by atoms with Crippen LogP contribution in [-0.2, 0) is 11.3 Å². The van der Waals surface area contributed by atoms with Gasteiger partial charge in [0.1, 0.15) is 18.4 Å². The molecule has 0 unspecified atom stereocenters. The second kappa shape index (κ2) is 7.45. The highest BCUT2D eigenvalue weighted by molar-refractivity contribution is 5.96. The normalized spacial score (nSPS) is 10.2. The van der Waals surface area contributed by atoms with E-state index < -0.39 is 5.97 Å². The van der Waals surface area contributed by atoms with Gasteiger partial charge in [-0.15, -0.1) is 0 Å². The van der Waals surface area contributed by atoms with Gasteiger partial charge in [0.25, 0.3) is 0 Å². The third kappa shape index (κ3) is 3.23. The molecular formula is C20H17N3O3. The Morgan fingerprint density at radius 3 is 2.54 bits per heavy atom. The minimum absolute atomic E-state index is 0.0808. The van der Waals surface area contributed by atoms with Crippen LogP contribution in [0.15, 0.2) is 60.8 Å². The Balaban J connectivity index is 2.03. The molecule has 26 heavy (non-hydrogen) atoms. The summed E-state index contributed by atoms with van der Waals surface area (Å²) in [6.45, 7) is 0.368. The second-order valence-corrected chi connectivity index (χ2v) is 5.52. The van der Waals surface area contributed by atoms with E-state index in [9.17, 15) is 10.1 Å². The predicted octanol–water partition coefficient (Wildman–Crippen LogP) is 3.30. The maximum Gasteiger partial charge on any atom is 0.357 e. The van der Waals surface area contributed by atoms with Crippen LogP contribution in [0.1, 0.15) is 21.6 Å². The molecule has 0 saturated carbocycles. The molecule has 1 heterocycles. The largest absolute Gasteiger partial charge is 0.487 e. The van der Waals surface area contributed by atoms with Gasteiger partial charge >= 0.3 is 5.97 Å². The van der Waals surface area contributed by atoms with Gasteiger partial charge in [-0.3, -0.25) is 0 Å². The van der Waals surface area contributed by atoms with Gasteiger partial charge in [-0.25, -0.2) is 4.79 Å². The number of nitrogen functional groups attached to an aromatic ring is 1. The summed E-state index contributed by atoms with van der Waals surface area (Å²) in [5.74, 6) is -0.0668. The number of nitrogens with zero attached hydrogens (tertiary/aromatic N) is 2. The van der Waals surface area contributed by atoms with E-state index in [1.54, 1.807) is 12.1 Å². The topological polar surface area (TPSA) is 90.3 Å². The Morgan fingerprint density at radius 2 is 1.85 bits per heavy atom. The van der Waals surface area contributed by atoms with Crippen molar-refractivity contribution in [3.8, 4) is 17.5 Å². The van der Waals surface area contributed by atoms with Gasteiger partial charge in [-0.1, -0.05) is 42.5 Å². The van der Waals surface area contributed by atoms with E-state index >= 15 is 0 Å². The Hall–Kier alpha value is -3.72. The van der Waals surface area contributed by atoms with E-state index in [-0.39, 0.29) is 16.9 Å². The number of aromatic nitrogens is 1. The summed E-state index contributed by atoms with van der Waals surface area (Å²) in [4.78, 5) is 12.2. The smallest absolute Gasteiger partial charge is 0.357 e. The molecule has 3 aromatic rings. The lowest BCUT2D eigenvalue weighted by Crippen LogP contribution is -2.12. The van der Waals surface area contributed by atoms with E-state index in [1.807, 2.05) is 48.5 Å². The molecule has 0 bridgehead atoms. The first-order valence-corrected chi connectivity index (χ1v) is 7.91. The Labute approximate surface area is 151 Å². The van der Waals surface area contributed by atoms with Crippen molar-refractivity contribution in [2.75, 3.05) is 12.8 Å². The van der Waals surface area contributed by atoms with Crippen LogP contribution in [0.25, 0.3) is 5.69 Å². The number of benzene rings is 2. The lowest BCUT2D eigenvalue weighted by molar-refractivity contribution is 0.0593. The molecule has 1 aromatic heterocycles. The summed E-state index contributed by atoms with van der Waals surface area (Å²) in [6, 6.07) is 18.9. The van der Waals surface area contributed by atoms with Crippen molar-refractivity contribution in [3.05, 3.63) is 77.6 Å². The standard InChI is InChI=1S/C20H17N3O3/c1-25-20(24)19-18(22)15(11-21)12-23(19)16-9-5-6-10-17(16)26-13-14-7-3-2-4-8-14/h2-10,12H,13,22H2,1H3. The number of hydrogen-bond donors (Lipinski definition) is 1. The number of carbonyl (C=O) groups is 1. The molecule has 6 heteroatoms. The van der Waals surface area contributed by atoms with Crippen molar-refractivity contribution >= 4 is 11.7 Å². The van der Waals surface area contributed by atoms with E-state index in [0.717, 1.165) is 5.56 Å². The number of carbonyl (C=O) groups excluding carboxylic acids is 1. The zero-order valence-electron chi connectivity index (χ0n) is 14.2. The van der Waals surface area contributed by atoms with Gasteiger partial charge in [-0.2, -0.15) is 5.26 Å². The fourth-order valence-corrected chi connectivity index (χ4v) is 2.62. The molecule has 0 amide bonds. The van der Waals surface area contributed by atoms with Gasteiger partial charge in [0.2, 0.25) is 0 Å². The average Bonchev–Trinajstić information content (AvgIpc) is 3.03. The zero-order valence-corrected chi connectivity index (χ0v) is 14.2. The second-order valence-electron chi connectivity index (χ2n) is 5.52. The first-order valence-electron chi connectivity index (χ1n) is 7.91. The van der Waals surface area contributed by atoms with Crippen molar-refractivity contribution < 1.29 is 14.3 Å². The SMILES string of the molecule is COC(=O)c1c(N)c(C#N)cn1-c1ccccc1OCc1ccccc1. The quantitative estimate of drug-likeness (QED) is 0.715. The highest BCUT2D eigenvalue weighted by atomic mass is 16.5. The van der Waals surface area contributed by atoms with Crippen LogP contribution in [-0.4, -0.2) is 17.6 Å². The molecule has 0 aliphatic carbocycles. The number of hydrogen-bond acceptors (Lipinski definition) is 5. The molecule has 6 nitrogen and oxygen atoms in total. The predicted molar refractivity (Wildman–Crippen MR) is 97.0 cm³/mol. The maximum absolute atomic E-state index is 12.2. The van der Waals surface area contributed by atoms with Crippen LogP contribution in [0.4, 0.5) is 5.69 Å². The molecular weight excluding hydrogens is 330 g/mol. The van der Waals surface area contributed by atoms with Crippen LogP contribution in [0, 0.1) is 11.3 Å².